The second-order valence-corrected chi connectivity index (χ2v) is 5.23. The molecule has 1 N–H and O–H groups in total. The van der Waals surface area contributed by atoms with Crippen LogP contribution in [0.1, 0.15) is 13.3 Å². The topological polar surface area (TPSA) is 74.5 Å². The van der Waals surface area contributed by atoms with E-state index in [1.54, 1.807) is 13.1 Å². The van der Waals surface area contributed by atoms with Crippen LogP contribution in [0.2, 0.25) is 0 Å². The molecule has 7 heteroatoms. The van der Waals surface area contributed by atoms with Gasteiger partial charge in [-0.3, -0.25) is 10.1 Å². The molecule has 20 heavy (non-hydrogen) atoms. The average Bonchev–Trinajstić information content (AvgIpc) is 2.58. The van der Waals surface area contributed by atoms with Crippen molar-refractivity contribution in [2.24, 2.45) is 0 Å². The molecular weight excluding hydrogens is 258 g/mol. The Morgan fingerprint density at radius 3 is 2.85 bits per heavy atom. The maximum Gasteiger partial charge on any atom is 0.276 e. The van der Waals surface area contributed by atoms with Gasteiger partial charge in [0.05, 0.1) is 17.1 Å². The van der Waals surface area contributed by atoms with Crippen LogP contribution in [0.25, 0.3) is 0 Å². The third-order valence-corrected chi connectivity index (χ3v) is 3.60. The first-order valence-corrected chi connectivity index (χ1v) is 6.80. The van der Waals surface area contributed by atoms with E-state index in [1.807, 2.05) is 0 Å². The van der Waals surface area contributed by atoms with Crippen molar-refractivity contribution in [3.8, 4) is 0 Å². The molecule has 0 aromatic carbocycles. The van der Waals surface area contributed by atoms with Gasteiger partial charge in [-0.25, -0.2) is 4.98 Å². The number of anilines is 2. The molecule has 2 rings (SSSR count). The van der Waals surface area contributed by atoms with Crippen molar-refractivity contribution in [2.45, 2.75) is 19.4 Å². The summed E-state index contributed by atoms with van der Waals surface area (Å²) in [6.45, 7) is 4.96. The summed E-state index contributed by atoms with van der Waals surface area (Å²) < 4.78 is 0. The zero-order valence-corrected chi connectivity index (χ0v) is 12.2. The van der Waals surface area contributed by atoms with Gasteiger partial charge in [-0.15, -0.1) is 0 Å². The molecule has 1 saturated heterocycles. The number of rotatable bonds is 3. The molecule has 1 unspecified atom stereocenters. The zero-order valence-electron chi connectivity index (χ0n) is 12.2. The van der Waals surface area contributed by atoms with Gasteiger partial charge in [0.25, 0.3) is 5.69 Å². The van der Waals surface area contributed by atoms with E-state index in [9.17, 15) is 10.1 Å². The van der Waals surface area contributed by atoms with Crippen molar-refractivity contribution in [2.75, 3.05) is 43.9 Å². The molecular formula is C13H21N5O2. The van der Waals surface area contributed by atoms with E-state index >= 15 is 0 Å². The molecule has 1 atom stereocenters. The van der Waals surface area contributed by atoms with Crippen LogP contribution in [0, 0.1) is 10.1 Å². The molecule has 1 fully saturated rings. The predicted octanol–water partition coefficient (Wildman–Crippen LogP) is 1.56. The molecule has 7 nitrogen and oxygen atoms in total. The van der Waals surface area contributed by atoms with Crippen LogP contribution in [0.5, 0.6) is 0 Å². The van der Waals surface area contributed by atoms with Gasteiger partial charge in [-0.2, -0.15) is 0 Å². The first-order chi connectivity index (χ1) is 9.51. The molecule has 1 aromatic heterocycles. The number of nitrogens with zero attached hydrogens (tertiary/aromatic N) is 4. The van der Waals surface area contributed by atoms with Crippen LogP contribution < -0.4 is 10.2 Å². The first-order valence-electron chi connectivity index (χ1n) is 6.80. The van der Waals surface area contributed by atoms with Gasteiger partial charge in [0.15, 0.2) is 0 Å². The minimum atomic E-state index is -0.374. The highest BCUT2D eigenvalue weighted by molar-refractivity contribution is 5.56. The van der Waals surface area contributed by atoms with Crippen LogP contribution >= 0.6 is 0 Å². The average molecular weight is 279 g/mol. The summed E-state index contributed by atoms with van der Waals surface area (Å²) in [5.74, 6) is 1.20. The Kier molecular flexibility index (Phi) is 4.39. The number of aromatic nitrogens is 1. The fourth-order valence-electron chi connectivity index (χ4n) is 2.60. The maximum atomic E-state index is 11.0. The largest absolute Gasteiger partial charge is 0.373 e. The highest BCUT2D eigenvalue weighted by Crippen LogP contribution is 2.25. The summed E-state index contributed by atoms with van der Waals surface area (Å²) in [7, 11) is 3.81. The fraction of sp³-hybridized carbons (Fsp3) is 0.615. The Bertz CT molecular complexity index is 494. The maximum absolute atomic E-state index is 11.0. The Morgan fingerprint density at radius 1 is 1.45 bits per heavy atom. The smallest absolute Gasteiger partial charge is 0.276 e. The highest BCUT2D eigenvalue weighted by Gasteiger charge is 2.23. The van der Waals surface area contributed by atoms with Gasteiger partial charge in [-0.1, -0.05) is 0 Å². The van der Waals surface area contributed by atoms with Crippen molar-refractivity contribution < 1.29 is 4.92 Å². The SMILES string of the molecule is CNc1cc([N+](=O)[O-])cc(N2CCCN(C)CC2C)n1. The Morgan fingerprint density at radius 2 is 2.20 bits per heavy atom. The molecule has 0 radical (unpaired) electrons. The molecule has 0 amide bonds. The number of pyridine rings is 1. The van der Waals surface area contributed by atoms with E-state index in [0.717, 1.165) is 26.1 Å². The first kappa shape index (κ1) is 14.5. The van der Waals surface area contributed by atoms with Gasteiger partial charge < -0.3 is 15.1 Å². The van der Waals surface area contributed by atoms with Crippen molar-refractivity contribution in [1.29, 1.82) is 0 Å². The van der Waals surface area contributed by atoms with Crippen molar-refractivity contribution in [1.82, 2.24) is 9.88 Å². The molecule has 2 heterocycles. The standard InChI is InChI=1S/C13H21N5O2/c1-10-9-16(3)5-4-6-17(10)13-8-11(18(19)20)7-12(14-2)15-13/h7-8,10H,4-6,9H2,1-3H3,(H,14,15). The summed E-state index contributed by atoms with van der Waals surface area (Å²) in [4.78, 5) is 19.6. The van der Waals surface area contributed by atoms with Crippen LogP contribution in [-0.4, -0.2) is 54.6 Å². The fourth-order valence-corrected chi connectivity index (χ4v) is 2.60. The van der Waals surface area contributed by atoms with E-state index < -0.39 is 0 Å². The van der Waals surface area contributed by atoms with Crippen LogP contribution in [-0.2, 0) is 0 Å². The Labute approximate surface area is 118 Å². The molecule has 1 aliphatic rings. The lowest BCUT2D eigenvalue weighted by atomic mass is 10.2. The van der Waals surface area contributed by atoms with E-state index in [0.29, 0.717) is 11.6 Å². The van der Waals surface area contributed by atoms with E-state index in [1.165, 1.54) is 6.07 Å². The van der Waals surface area contributed by atoms with E-state index in [-0.39, 0.29) is 16.7 Å². The minimum absolute atomic E-state index is 0.0733. The van der Waals surface area contributed by atoms with Crippen molar-refractivity contribution in [3.63, 3.8) is 0 Å². The molecule has 0 spiro atoms. The molecule has 1 aliphatic heterocycles. The predicted molar refractivity (Wildman–Crippen MR) is 79.4 cm³/mol. The Hall–Kier alpha value is -1.89. The monoisotopic (exact) mass is 279 g/mol. The summed E-state index contributed by atoms with van der Waals surface area (Å²) in [6, 6.07) is 3.29. The van der Waals surface area contributed by atoms with Crippen LogP contribution in [0.4, 0.5) is 17.3 Å². The number of hydrogen-bond acceptors (Lipinski definition) is 6. The van der Waals surface area contributed by atoms with Gasteiger partial charge >= 0.3 is 0 Å². The number of nitrogens with one attached hydrogen (secondary N) is 1. The Balaban J connectivity index is 2.34. The summed E-state index contributed by atoms with van der Waals surface area (Å²) in [5, 5.41) is 13.9. The third-order valence-electron chi connectivity index (χ3n) is 3.60. The van der Waals surface area contributed by atoms with Gasteiger partial charge in [0, 0.05) is 26.2 Å². The second-order valence-electron chi connectivity index (χ2n) is 5.23. The van der Waals surface area contributed by atoms with Gasteiger partial charge in [0.1, 0.15) is 11.6 Å². The molecule has 0 bridgehead atoms. The van der Waals surface area contributed by atoms with Gasteiger partial charge in [-0.05, 0) is 26.9 Å². The number of likely N-dealkylation sites (N-methyl/N-ethyl adjacent to an activating group) is 1. The van der Waals surface area contributed by atoms with Gasteiger partial charge in [0.2, 0.25) is 0 Å². The molecule has 1 aromatic rings. The lowest BCUT2D eigenvalue weighted by Crippen LogP contribution is -2.38. The van der Waals surface area contributed by atoms with E-state index in [2.05, 4.69) is 34.1 Å². The molecule has 0 saturated carbocycles. The number of hydrogen-bond donors (Lipinski definition) is 1. The molecule has 110 valence electrons. The van der Waals surface area contributed by atoms with Crippen molar-refractivity contribution >= 4 is 17.3 Å². The second kappa shape index (κ2) is 6.04. The molecule has 0 aliphatic carbocycles. The third kappa shape index (κ3) is 3.16. The lowest BCUT2D eigenvalue weighted by Gasteiger charge is -2.29. The summed E-state index contributed by atoms with van der Waals surface area (Å²) >= 11 is 0. The van der Waals surface area contributed by atoms with Crippen LogP contribution in [0.3, 0.4) is 0 Å². The highest BCUT2D eigenvalue weighted by atomic mass is 16.6. The normalized spacial score (nSPS) is 20.6. The lowest BCUT2D eigenvalue weighted by molar-refractivity contribution is -0.384. The van der Waals surface area contributed by atoms with Crippen molar-refractivity contribution in [3.05, 3.63) is 22.2 Å². The van der Waals surface area contributed by atoms with E-state index in [4.69, 9.17) is 0 Å². The zero-order chi connectivity index (χ0) is 14.7. The quantitative estimate of drug-likeness (QED) is 0.668. The summed E-state index contributed by atoms with van der Waals surface area (Å²) in [5.41, 5.74) is 0.0733. The number of nitro groups is 1. The summed E-state index contributed by atoms with van der Waals surface area (Å²) in [6.07, 6.45) is 1.03. The minimum Gasteiger partial charge on any atom is -0.373 e. The van der Waals surface area contributed by atoms with Crippen LogP contribution in [0.15, 0.2) is 12.1 Å².